The van der Waals surface area contributed by atoms with Gasteiger partial charge in [-0.2, -0.15) is 0 Å². The van der Waals surface area contributed by atoms with Crippen LogP contribution in [0.1, 0.15) is 18.4 Å². The summed E-state index contributed by atoms with van der Waals surface area (Å²) in [5.74, 6) is -0.464. The van der Waals surface area contributed by atoms with E-state index < -0.39 is 6.04 Å². The van der Waals surface area contributed by atoms with Crippen LogP contribution >= 0.6 is 0 Å². The van der Waals surface area contributed by atoms with E-state index in [9.17, 15) is 9.59 Å². The minimum Gasteiger partial charge on any atom is -0.459 e. The number of carbonyl (C=O) groups is 2. The Balaban J connectivity index is 1.82. The SMILES string of the molecule is O=C1CC[C@@H](C(=O)OCc2ccncc2)N1. The maximum absolute atomic E-state index is 11.5. The summed E-state index contributed by atoms with van der Waals surface area (Å²) in [4.78, 5) is 26.3. The van der Waals surface area contributed by atoms with Gasteiger partial charge in [0.05, 0.1) is 0 Å². The Bertz CT molecular complexity index is 391. The van der Waals surface area contributed by atoms with Crippen molar-refractivity contribution in [2.24, 2.45) is 0 Å². The number of aromatic nitrogens is 1. The third-order valence-electron chi connectivity index (χ3n) is 2.41. The first-order valence-corrected chi connectivity index (χ1v) is 5.10. The van der Waals surface area contributed by atoms with E-state index in [0.29, 0.717) is 12.8 Å². The molecule has 0 saturated carbocycles. The molecule has 84 valence electrons. The predicted octanol–water partition coefficient (Wildman–Crippen LogP) is 0.403. The molecule has 16 heavy (non-hydrogen) atoms. The standard InChI is InChI=1S/C11H12N2O3/c14-10-2-1-9(13-10)11(15)16-7-8-3-5-12-6-4-8/h3-6,9H,1-2,7H2,(H,13,14)/t9-/m0/s1. The summed E-state index contributed by atoms with van der Waals surface area (Å²) in [7, 11) is 0. The maximum Gasteiger partial charge on any atom is 0.328 e. The first-order chi connectivity index (χ1) is 7.75. The number of amides is 1. The third-order valence-corrected chi connectivity index (χ3v) is 2.41. The van der Waals surface area contributed by atoms with Crippen molar-refractivity contribution in [2.45, 2.75) is 25.5 Å². The lowest BCUT2D eigenvalue weighted by Gasteiger charge is -2.09. The lowest BCUT2D eigenvalue weighted by molar-refractivity contribution is -0.147. The molecule has 1 fully saturated rings. The van der Waals surface area contributed by atoms with Gasteiger partial charge in [-0.25, -0.2) is 4.79 Å². The highest BCUT2D eigenvalue weighted by Crippen LogP contribution is 2.09. The van der Waals surface area contributed by atoms with Crippen LogP contribution in [-0.2, 0) is 20.9 Å². The first-order valence-electron chi connectivity index (χ1n) is 5.10. The number of nitrogens with zero attached hydrogens (tertiary/aromatic N) is 1. The molecule has 1 atom stereocenters. The van der Waals surface area contributed by atoms with Crippen molar-refractivity contribution < 1.29 is 14.3 Å². The molecule has 1 aliphatic heterocycles. The summed E-state index contributed by atoms with van der Waals surface area (Å²) in [5, 5.41) is 2.56. The number of hydrogen-bond acceptors (Lipinski definition) is 4. The number of ether oxygens (including phenoxy) is 1. The van der Waals surface area contributed by atoms with Crippen LogP contribution in [0, 0.1) is 0 Å². The molecule has 5 nitrogen and oxygen atoms in total. The highest BCUT2D eigenvalue weighted by atomic mass is 16.5. The molecule has 1 aromatic rings. The van der Waals surface area contributed by atoms with Crippen LogP contribution in [0.2, 0.25) is 0 Å². The lowest BCUT2D eigenvalue weighted by atomic mass is 10.2. The molecule has 1 N–H and O–H groups in total. The Morgan fingerprint density at radius 2 is 2.25 bits per heavy atom. The zero-order valence-corrected chi connectivity index (χ0v) is 8.68. The van der Waals surface area contributed by atoms with Gasteiger partial charge in [-0.05, 0) is 24.1 Å². The molecule has 0 unspecified atom stereocenters. The fraction of sp³-hybridized carbons (Fsp3) is 0.364. The Kier molecular flexibility index (Phi) is 3.14. The van der Waals surface area contributed by atoms with Crippen LogP contribution in [0.25, 0.3) is 0 Å². The van der Waals surface area contributed by atoms with Crippen molar-refractivity contribution in [3.8, 4) is 0 Å². The molecule has 0 aliphatic carbocycles. The quantitative estimate of drug-likeness (QED) is 0.749. The van der Waals surface area contributed by atoms with E-state index in [1.807, 2.05) is 0 Å². The first kappa shape index (κ1) is 10.6. The lowest BCUT2D eigenvalue weighted by Crippen LogP contribution is -2.34. The molecular weight excluding hydrogens is 208 g/mol. The van der Waals surface area contributed by atoms with E-state index in [1.165, 1.54) is 0 Å². The van der Waals surface area contributed by atoms with Gasteiger partial charge in [-0.15, -0.1) is 0 Å². The minimum absolute atomic E-state index is 0.0918. The summed E-state index contributed by atoms with van der Waals surface area (Å²) in [6.07, 6.45) is 4.20. The highest BCUT2D eigenvalue weighted by molar-refractivity contribution is 5.87. The average molecular weight is 220 g/mol. The maximum atomic E-state index is 11.5. The Morgan fingerprint density at radius 3 is 2.88 bits per heavy atom. The zero-order chi connectivity index (χ0) is 11.4. The second kappa shape index (κ2) is 4.74. The van der Waals surface area contributed by atoms with Gasteiger partial charge in [0.1, 0.15) is 12.6 Å². The number of carbonyl (C=O) groups excluding carboxylic acids is 2. The van der Waals surface area contributed by atoms with Crippen LogP contribution in [-0.4, -0.2) is 22.9 Å². The summed E-state index contributed by atoms with van der Waals surface area (Å²) in [5.41, 5.74) is 0.882. The van der Waals surface area contributed by atoms with Crippen molar-refractivity contribution in [3.63, 3.8) is 0 Å². The molecule has 2 heterocycles. The third kappa shape index (κ3) is 2.56. The van der Waals surface area contributed by atoms with Gasteiger partial charge in [-0.3, -0.25) is 9.78 Å². The number of nitrogens with one attached hydrogen (secondary N) is 1. The minimum atomic E-state index is -0.477. The summed E-state index contributed by atoms with van der Waals surface area (Å²) in [6.45, 7) is 0.216. The molecule has 5 heteroatoms. The molecule has 1 aliphatic rings. The van der Waals surface area contributed by atoms with E-state index in [1.54, 1.807) is 24.5 Å². The molecule has 1 aromatic heterocycles. The van der Waals surface area contributed by atoms with Crippen molar-refractivity contribution >= 4 is 11.9 Å². The van der Waals surface area contributed by atoms with Crippen molar-refractivity contribution in [1.82, 2.24) is 10.3 Å². The number of rotatable bonds is 3. The van der Waals surface area contributed by atoms with Crippen LogP contribution in [0.3, 0.4) is 0 Å². The smallest absolute Gasteiger partial charge is 0.328 e. The van der Waals surface area contributed by atoms with Gasteiger partial charge in [0.15, 0.2) is 0 Å². The fourth-order valence-electron chi connectivity index (χ4n) is 1.52. The number of esters is 1. The fourth-order valence-corrected chi connectivity index (χ4v) is 1.52. The monoisotopic (exact) mass is 220 g/mol. The Hall–Kier alpha value is -1.91. The van der Waals surface area contributed by atoms with Gasteiger partial charge in [-0.1, -0.05) is 0 Å². The second-order valence-electron chi connectivity index (χ2n) is 3.62. The normalized spacial score (nSPS) is 19.2. The van der Waals surface area contributed by atoms with Gasteiger partial charge in [0, 0.05) is 18.8 Å². The van der Waals surface area contributed by atoms with Crippen molar-refractivity contribution in [3.05, 3.63) is 30.1 Å². The Morgan fingerprint density at radius 1 is 1.50 bits per heavy atom. The predicted molar refractivity (Wildman–Crippen MR) is 55.2 cm³/mol. The van der Waals surface area contributed by atoms with E-state index >= 15 is 0 Å². The molecular formula is C11H12N2O3. The summed E-state index contributed by atoms with van der Waals surface area (Å²) < 4.78 is 5.08. The van der Waals surface area contributed by atoms with E-state index in [2.05, 4.69) is 10.3 Å². The van der Waals surface area contributed by atoms with Crippen LogP contribution in [0.5, 0.6) is 0 Å². The molecule has 0 aromatic carbocycles. The topological polar surface area (TPSA) is 68.3 Å². The molecule has 1 amide bonds. The van der Waals surface area contributed by atoms with Crippen LogP contribution < -0.4 is 5.32 Å². The summed E-state index contributed by atoms with van der Waals surface area (Å²) in [6, 6.07) is 3.08. The largest absolute Gasteiger partial charge is 0.459 e. The molecule has 1 saturated heterocycles. The van der Waals surface area contributed by atoms with Crippen LogP contribution in [0.4, 0.5) is 0 Å². The van der Waals surface area contributed by atoms with Gasteiger partial charge in [0.25, 0.3) is 0 Å². The van der Waals surface area contributed by atoms with Gasteiger partial charge in [0.2, 0.25) is 5.91 Å². The van der Waals surface area contributed by atoms with Gasteiger partial charge < -0.3 is 10.1 Å². The van der Waals surface area contributed by atoms with E-state index in [-0.39, 0.29) is 18.5 Å². The summed E-state index contributed by atoms with van der Waals surface area (Å²) >= 11 is 0. The number of hydrogen-bond donors (Lipinski definition) is 1. The second-order valence-corrected chi connectivity index (χ2v) is 3.62. The molecule has 0 radical (unpaired) electrons. The van der Waals surface area contributed by atoms with Gasteiger partial charge >= 0.3 is 5.97 Å². The molecule has 0 bridgehead atoms. The highest BCUT2D eigenvalue weighted by Gasteiger charge is 2.28. The average Bonchev–Trinajstić information content (AvgIpc) is 2.74. The van der Waals surface area contributed by atoms with Crippen molar-refractivity contribution in [2.75, 3.05) is 0 Å². The van der Waals surface area contributed by atoms with E-state index in [4.69, 9.17) is 4.74 Å². The van der Waals surface area contributed by atoms with Crippen LogP contribution in [0.15, 0.2) is 24.5 Å². The molecule has 0 spiro atoms. The van der Waals surface area contributed by atoms with E-state index in [0.717, 1.165) is 5.56 Å². The van der Waals surface area contributed by atoms with Crippen molar-refractivity contribution in [1.29, 1.82) is 0 Å². The molecule has 2 rings (SSSR count). The zero-order valence-electron chi connectivity index (χ0n) is 8.68. The Labute approximate surface area is 92.8 Å². The number of pyridine rings is 1.